The lowest BCUT2D eigenvalue weighted by molar-refractivity contribution is 0.414. The van der Waals surface area contributed by atoms with Crippen molar-refractivity contribution in [3.8, 4) is 17.1 Å². The summed E-state index contributed by atoms with van der Waals surface area (Å²) in [5.41, 5.74) is 3.94. The maximum absolute atomic E-state index is 6.32. The standard InChI is InChI=1S/C20H16ClN3O/c1-25-15-7-4-6-14(12-15)13-24-18-10-3-2-9-17(18)23-20(24)16-8-5-11-22-19(16)21/h2-12H,13H2,1H3. The zero-order chi connectivity index (χ0) is 17.2. The molecule has 0 bridgehead atoms. The van der Waals surface area contributed by atoms with Crippen LogP contribution in [0.5, 0.6) is 5.75 Å². The third-order valence-electron chi connectivity index (χ3n) is 4.13. The molecule has 25 heavy (non-hydrogen) atoms. The molecule has 0 amide bonds. The van der Waals surface area contributed by atoms with Crippen molar-refractivity contribution in [3.05, 3.63) is 77.6 Å². The minimum Gasteiger partial charge on any atom is -0.497 e. The van der Waals surface area contributed by atoms with E-state index in [1.165, 1.54) is 0 Å². The van der Waals surface area contributed by atoms with E-state index in [1.54, 1.807) is 13.3 Å². The van der Waals surface area contributed by atoms with E-state index >= 15 is 0 Å². The molecule has 0 fully saturated rings. The van der Waals surface area contributed by atoms with Crippen LogP contribution >= 0.6 is 11.6 Å². The number of nitrogens with zero attached hydrogens (tertiary/aromatic N) is 3. The highest BCUT2D eigenvalue weighted by Crippen LogP contribution is 2.30. The largest absolute Gasteiger partial charge is 0.497 e. The van der Waals surface area contributed by atoms with Crippen molar-refractivity contribution < 1.29 is 4.74 Å². The average Bonchev–Trinajstić information content (AvgIpc) is 3.01. The monoisotopic (exact) mass is 349 g/mol. The second kappa shape index (κ2) is 6.57. The van der Waals surface area contributed by atoms with Gasteiger partial charge in [0, 0.05) is 12.7 Å². The molecule has 2 heterocycles. The lowest BCUT2D eigenvalue weighted by Gasteiger charge is -2.11. The van der Waals surface area contributed by atoms with Gasteiger partial charge in [0.05, 0.1) is 23.7 Å². The fraction of sp³-hybridized carbons (Fsp3) is 0.100. The summed E-state index contributed by atoms with van der Waals surface area (Å²) in [6.07, 6.45) is 1.68. The normalized spacial score (nSPS) is 11.0. The first-order chi connectivity index (χ1) is 12.3. The highest BCUT2D eigenvalue weighted by Gasteiger charge is 2.15. The summed E-state index contributed by atoms with van der Waals surface area (Å²) in [6, 6.07) is 19.9. The van der Waals surface area contributed by atoms with Crippen LogP contribution in [0.3, 0.4) is 0 Å². The molecular formula is C20H16ClN3O. The number of aromatic nitrogens is 3. The molecule has 0 radical (unpaired) electrons. The summed E-state index contributed by atoms with van der Waals surface area (Å²) in [6.45, 7) is 0.665. The van der Waals surface area contributed by atoms with E-state index in [2.05, 4.69) is 21.7 Å². The lowest BCUT2D eigenvalue weighted by atomic mass is 10.2. The van der Waals surface area contributed by atoms with Gasteiger partial charge in [-0.3, -0.25) is 0 Å². The number of methoxy groups -OCH3 is 1. The Morgan fingerprint density at radius 3 is 2.76 bits per heavy atom. The number of ether oxygens (including phenoxy) is 1. The van der Waals surface area contributed by atoms with Crippen LogP contribution in [0.1, 0.15) is 5.56 Å². The van der Waals surface area contributed by atoms with Gasteiger partial charge in [-0.25, -0.2) is 9.97 Å². The summed E-state index contributed by atoms with van der Waals surface area (Å²) in [5, 5.41) is 0.449. The number of imidazole rings is 1. The predicted molar refractivity (Wildman–Crippen MR) is 100 cm³/mol. The number of pyridine rings is 1. The second-order valence-corrected chi connectivity index (χ2v) is 6.06. The first kappa shape index (κ1) is 15.7. The van der Waals surface area contributed by atoms with Crippen LogP contribution in [0.2, 0.25) is 5.15 Å². The van der Waals surface area contributed by atoms with Gasteiger partial charge in [-0.05, 0) is 42.0 Å². The second-order valence-electron chi connectivity index (χ2n) is 5.70. The molecule has 0 N–H and O–H groups in total. The van der Waals surface area contributed by atoms with Gasteiger partial charge in [0.25, 0.3) is 0 Å². The van der Waals surface area contributed by atoms with Crippen molar-refractivity contribution in [2.24, 2.45) is 0 Å². The van der Waals surface area contributed by atoms with E-state index in [0.29, 0.717) is 11.7 Å². The number of hydrogen-bond donors (Lipinski definition) is 0. The SMILES string of the molecule is COc1cccc(Cn2c(-c3cccnc3Cl)nc3ccccc32)c1. The Bertz CT molecular complexity index is 1040. The summed E-state index contributed by atoms with van der Waals surface area (Å²) >= 11 is 6.32. The van der Waals surface area contributed by atoms with Gasteiger partial charge in [-0.2, -0.15) is 0 Å². The number of hydrogen-bond acceptors (Lipinski definition) is 3. The Kier molecular flexibility index (Phi) is 4.12. The Morgan fingerprint density at radius 1 is 1.04 bits per heavy atom. The van der Waals surface area contributed by atoms with Crippen molar-refractivity contribution >= 4 is 22.6 Å². The summed E-state index contributed by atoms with van der Waals surface area (Å²) in [5.74, 6) is 1.64. The first-order valence-electron chi connectivity index (χ1n) is 7.95. The number of fused-ring (bicyclic) bond motifs is 1. The van der Waals surface area contributed by atoms with E-state index in [0.717, 1.165) is 33.7 Å². The molecular weight excluding hydrogens is 334 g/mol. The lowest BCUT2D eigenvalue weighted by Crippen LogP contribution is -2.03. The van der Waals surface area contributed by atoms with E-state index < -0.39 is 0 Å². The van der Waals surface area contributed by atoms with Crippen LogP contribution in [-0.4, -0.2) is 21.6 Å². The van der Waals surface area contributed by atoms with Crippen molar-refractivity contribution in [3.63, 3.8) is 0 Å². The molecule has 5 heteroatoms. The third kappa shape index (κ3) is 2.96. The zero-order valence-corrected chi connectivity index (χ0v) is 14.4. The zero-order valence-electron chi connectivity index (χ0n) is 13.7. The molecule has 0 atom stereocenters. The van der Waals surface area contributed by atoms with E-state index in [4.69, 9.17) is 21.3 Å². The Hall–Kier alpha value is -2.85. The highest BCUT2D eigenvalue weighted by atomic mass is 35.5. The van der Waals surface area contributed by atoms with E-state index in [-0.39, 0.29) is 0 Å². The maximum atomic E-state index is 6.32. The van der Waals surface area contributed by atoms with Crippen molar-refractivity contribution in [2.75, 3.05) is 7.11 Å². The van der Waals surface area contributed by atoms with Gasteiger partial charge in [-0.1, -0.05) is 35.9 Å². The summed E-state index contributed by atoms with van der Waals surface area (Å²) in [7, 11) is 1.67. The maximum Gasteiger partial charge on any atom is 0.144 e. The van der Waals surface area contributed by atoms with Crippen LogP contribution in [-0.2, 0) is 6.54 Å². The predicted octanol–water partition coefficient (Wildman–Crippen LogP) is 4.81. The smallest absolute Gasteiger partial charge is 0.144 e. The van der Waals surface area contributed by atoms with E-state index in [1.807, 2.05) is 48.5 Å². The molecule has 2 aromatic carbocycles. The molecule has 124 valence electrons. The third-order valence-corrected chi connectivity index (χ3v) is 4.43. The van der Waals surface area contributed by atoms with Crippen LogP contribution < -0.4 is 4.74 Å². The molecule has 0 aliphatic carbocycles. The fourth-order valence-electron chi connectivity index (χ4n) is 2.95. The van der Waals surface area contributed by atoms with Gasteiger partial charge in [-0.15, -0.1) is 0 Å². The average molecular weight is 350 g/mol. The topological polar surface area (TPSA) is 39.9 Å². The summed E-state index contributed by atoms with van der Waals surface area (Å²) < 4.78 is 7.50. The van der Waals surface area contributed by atoms with Crippen molar-refractivity contribution in [1.29, 1.82) is 0 Å². The van der Waals surface area contributed by atoms with Crippen LogP contribution in [0.4, 0.5) is 0 Å². The molecule has 0 aliphatic heterocycles. The Labute approximate surface area is 150 Å². The molecule has 2 aromatic heterocycles. The molecule has 0 unspecified atom stereocenters. The number of para-hydroxylation sites is 2. The van der Waals surface area contributed by atoms with Crippen LogP contribution in [0.25, 0.3) is 22.4 Å². The van der Waals surface area contributed by atoms with Gasteiger partial charge < -0.3 is 9.30 Å². The number of rotatable bonds is 4. The minimum atomic E-state index is 0.449. The van der Waals surface area contributed by atoms with Crippen LogP contribution in [0, 0.1) is 0 Å². The van der Waals surface area contributed by atoms with Gasteiger partial charge in [0.1, 0.15) is 16.7 Å². The van der Waals surface area contributed by atoms with Crippen LogP contribution in [0.15, 0.2) is 66.9 Å². The molecule has 4 aromatic rings. The summed E-state index contributed by atoms with van der Waals surface area (Å²) in [4.78, 5) is 8.98. The number of halogens is 1. The molecule has 4 rings (SSSR count). The Balaban J connectivity index is 1.89. The van der Waals surface area contributed by atoms with Crippen molar-refractivity contribution in [2.45, 2.75) is 6.54 Å². The first-order valence-corrected chi connectivity index (χ1v) is 8.33. The van der Waals surface area contributed by atoms with Crippen molar-refractivity contribution in [1.82, 2.24) is 14.5 Å². The minimum absolute atomic E-state index is 0.449. The van der Waals surface area contributed by atoms with E-state index in [9.17, 15) is 0 Å². The number of benzene rings is 2. The molecule has 4 nitrogen and oxygen atoms in total. The molecule has 0 aliphatic rings. The quantitative estimate of drug-likeness (QED) is 0.496. The Morgan fingerprint density at radius 2 is 1.92 bits per heavy atom. The molecule has 0 saturated heterocycles. The van der Waals surface area contributed by atoms with Gasteiger partial charge in [0.2, 0.25) is 0 Å². The van der Waals surface area contributed by atoms with Gasteiger partial charge >= 0.3 is 0 Å². The molecule has 0 saturated carbocycles. The highest BCUT2D eigenvalue weighted by molar-refractivity contribution is 6.32. The fourth-order valence-corrected chi connectivity index (χ4v) is 3.15. The van der Waals surface area contributed by atoms with Gasteiger partial charge in [0.15, 0.2) is 0 Å². The molecule has 0 spiro atoms.